The first kappa shape index (κ1) is 20.0. The number of nitrogens with zero attached hydrogens (tertiary/aromatic N) is 3. The fraction of sp³-hybridized carbons (Fsp3) is 0.389. The van der Waals surface area contributed by atoms with E-state index in [2.05, 4.69) is 9.97 Å². The third kappa shape index (κ3) is 4.22. The summed E-state index contributed by atoms with van der Waals surface area (Å²) < 4.78 is 63.1. The first-order valence-corrected chi connectivity index (χ1v) is 8.36. The molecule has 0 bridgehead atoms. The van der Waals surface area contributed by atoms with Crippen molar-refractivity contribution in [3.63, 3.8) is 0 Å². The number of halogens is 4. The van der Waals surface area contributed by atoms with Crippen molar-refractivity contribution in [3.05, 3.63) is 52.9 Å². The average molecular weight is 399 g/mol. The number of alkyl halides is 3. The van der Waals surface area contributed by atoms with Gasteiger partial charge in [-0.2, -0.15) is 13.2 Å². The number of methoxy groups -OCH3 is 1. The summed E-state index contributed by atoms with van der Waals surface area (Å²) >= 11 is 0. The van der Waals surface area contributed by atoms with E-state index >= 15 is 0 Å². The van der Waals surface area contributed by atoms with Gasteiger partial charge in [0.1, 0.15) is 11.8 Å². The van der Waals surface area contributed by atoms with Gasteiger partial charge in [-0.3, -0.25) is 4.79 Å². The highest BCUT2D eigenvalue weighted by molar-refractivity contribution is 5.90. The second kappa shape index (κ2) is 7.70. The molecule has 10 heteroatoms. The van der Waals surface area contributed by atoms with Gasteiger partial charge in [-0.15, -0.1) is 0 Å². The van der Waals surface area contributed by atoms with Crippen LogP contribution in [0, 0.1) is 12.7 Å². The Hall–Kier alpha value is -2.75. The summed E-state index contributed by atoms with van der Waals surface area (Å²) in [6.45, 7) is 1.76. The average Bonchev–Trinajstić information content (AvgIpc) is 2.66. The monoisotopic (exact) mass is 399 g/mol. The Kier molecular flexibility index (Phi) is 5.50. The van der Waals surface area contributed by atoms with Gasteiger partial charge in [0.05, 0.1) is 20.3 Å². The maximum absolute atomic E-state index is 13.6. The Morgan fingerprint density at radius 3 is 2.71 bits per heavy atom. The number of carbonyl (C=O) groups is 1. The molecule has 2 heterocycles. The van der Waals surface area contributed by atoms with Crippen molar-refractivity contribution >= 4 is 5.91 Å². The number of carbonyl (C=O) groups excluding carboxylic acids is 1. The van der Waals surface area contributed by atoms with Crippen LogP contribution in [0.2, 0.25) is 0 Å². The minimum absolute atomic E-state index is 0.0291. The zero-order valence-corrected chi connectivity index (χ0v) is 15.1. The van der Waals surface area contributed by atoms with Crippen molar-refractivity contribution < 1.29 is 31.8 Å². The maximum atomic E-state index is 13.6. The summed E-state index contributed by atoms with van der Waals surface area (Å²) in [5.41, 5.74) is -0.549. The molecule has 2 aromatic rings. The lowest BCUT2D eigenvalue weighted by Crippen LogP contribution is -2.43. The molecule has 1 aromatic carbocycles. The highest BCUT2D eigenvalue weighted by atomic mass is 19.4. The molecule has 0 aliphatic carbocycles. The number of morpholine rings is 1. The number of amides is 1. The van der Waals surface area contributed by atoms with Crippen molar-refractivity contribution in [2.24, 2.45) is 0 Å². The molecule has 3 rings (SSSR count). The minimum Gasteiger partial charge on any atom is -0.494 e. The van der Waals surface area contributed by atoms with Crippen molar-refractivity contribution in [2.45, 2.75) is 19.2 Å². The number of ether oxygens (including phenoxy) is 2. The highest BCUT2D eigenvalue weighted by Gasteiger charge is 2.35. The number of benzene rings is 1. The van der Waals surface area contributed by atoms with Gasteiger partial charge in [-0.1, -0.05) is 6.07 Å². The Labute approximate surface area is 158 Å². The second-order valence-corrected chi connectivity index (χ2v) is 6.22. The van der Waals surface area contributed by atoms with Crippen LogP contribution in [0.3, 0.4) is 0 Å². The molecule has 150 valence electrons. The second-order valence-electron chi connectivity index (χ2n) is 6.22. The van der Waals surface area contributed by atoms with Gasteiger partial charge in [-0.05, 0) is 30.7 Å². The smallest absolute Gasteiger partial charge is 0.433 e. The summed E-state index contributed by atoms with van der Waals surface area (Å²) in [7, 11) is 1.33. The minimum atomic E-state index is -4.68. The maximum Gasteiger partial charge on any atom is 0.433 e. The lowest BCUT2D eigenvalue weighted by molar-refractivity contribution is -0.141. The molecule has 1 fully saturated rings. The van der Waals surface area contributed by atoms with Crippen molar-refractivity contribution in [1.29, 1.82) is 0 Å². The number of hydrogen-bond acceptors (Lipinski definition) is 5. The summed E-state index contributed by atoms with van der Waals surface area (Å²) in [6.07, 6.45) is -5.26. The van der Waals surface area contributed by atoms with Crippen molar-refractivity contribution in [1.82, 2.24) is 14.9 Å². The molecule has 1 aromatic heterocycles. The van der Waals surface area contributed by atoms with E-state index in [1.54, 1.807) is 0 Å². The van der Waals surface area contributed by atoms with Gasteiger partial charge in [0.15, 0.2) is 11.6 Å². The largest absolute Gasteiger partial charge is 0.494 e. The predicted molar refractivity (Wildman–Crippen MR) is 89.3 cm³/mol. The molecular formula is C18H17F4N3O3. The van der Waals surface area contributed by atoms with Crippen LogP contribution in [0.25, 0.3) is 0 Å². The Bertz CT molecular complexity index is 889. The fourth-order valence-corrected chi connectivity index (χ4v) is 2.86. The molecule has 1 saturated heterocycles. The van der Waals surface area contributed by atoms with Crippen LogP contribution in [0.4, 0.5) is 17.6 Å². The van der Waals surface area contributed by atoms with E-state index in [4.69, 9.17) is 9.47 Å². The van der Waals surface area contributed by atoms with E-state index in [0.717, 1.165) is 6.07 Å². The van der Waals surface area contributed by atoms with Crippen LogP contribution < -0.4 is 4.74 Å². The number of aromatic nitrogens is 2. The van der Waals surface area contributed by atoms with Crippen molar-refractivity contribution in [3.8, 4) is 5.75 Å². The first-order chi connectivity index (χ1) is 13.2. The lowest BCUT2D eigenvalue weighted by Gasteiger charge is -2.33. The van der Waals surface area contributed by atoms with Gasteiger partial charge in [0.2, 0.25) is 5.82 Å². The standard InChI is InChI=1S/C18H17F4N3O3/c1-10-7-15(18(20,21)22)24-16(23-10)17(26)25-5-6-28-14(9-25)11-3-4-12(19)13(8-11)27-2/h3-4,7-8,14H,5-6,9H2,1-2H3. The number of rotatable bonds is 3. The molecule has 0 radical (unpaired) electrons. The molecule has 0 saturated carbocycles. The van der Waals surface area contributed by atoms with E-state index in [1.165, 1.54) is 37.1 Å². The first-order valence-electron chi connectivity index (χ1n) is 8.36. The van der Waals surface area contributed by atoms with Gasteiger partial charge in [-0.25, -0.2) is 14.4 Å². The van der Waals surface area contributed by atoms with E-state index < -0.39 is 35.5 Å². The molecule has 1 unspecified atom stereocenters. The molecule has 1 aliphatic rings. The lowest BCUT2D eigenvalue weighted by atomic mass is 10.1. The molecule has 1 atom stereocenters. The zero-order valence-electron chi connectivity index (χ0n) is 15.1. The van der Waals surface area contributed by atoms with Crippen LogP contribution >= 0.6 is 0 Å². The molecule has 0 spiro atoms. The molecule has 1 amide bonds. The molecule has 1 aliphatic heterocycles. The zero-order chi connectivity index (χ0) is 20.5. The summed E-state index contributed by atoms with van der Waals surface area (Å²) in [5, 5.41) is 0. The van der Waals surface area contributed by atoms with Crippen molar-refractivity contribution in [2.75, 3.05) is 26.8 Å². The molecular weight excluding hydrogens is 382 g/mol. The molecule has 6 nitrogen and oxygen atoms in total. The third-order valence-electron chi connectivity index (χ3n) is 4.24. The SMILES string of the molecule is COc1cc(C2CN(C(=O)c3nc(C)cc(C(F)(F)F)n3)CCO2)ccc1F. The van der Waals surface area contributed by atoms with Crippen LogP contribution in [0.15, 0.2) is 24.3 Å². The van der Waals surface area contributed by atoms with E-state index in [0.29, 0.717) is 5.56 Å². The van der Waals surface area contributed by atoms with Gasteiger partial charge < -0.3 is 14.4 Å². The normalized spacial score (nSPS) is 17.5. The van der Waals surface area contributed by atoms with Crippen LogP contribution in [0.1, 0.15) is 33.7 Å². The van der Waals surface area contributed by atoms with Gasteiger partial charge in [0.25, 0.3) is 5.91 Å². The van der Waals surface area contributed by atoms with E-state index in [-0.39, 0.29) is 31.1 Å². The number of aryl methyl sites for hydroxylation is 1. The summed E-state index contributed by atoms with van der Waals surface area (Å²) in [4.78, 5) is 21.2. The number of hydrogen-bond donors (Lipinski definition) is 0. The quantitative estimate of drug-likeness (QED) is 0.742. The van der Waals surface area contributed by atoms with Gasteiger partial charge >= 0.3 is 6.18 Å². The fourth-order valence-electron chi connectivity index (χ4n) is 2.86. The van der Waals surface area contributed by atoms with E-state index in [9.17, 15) is 22.4 Å². The highest BCUT2D eigenvalue weighted by Crippen LogP contribution is 2.29. The Morgan fingerprint density at radius 1 is 1.29 bits per heavy atom. The predicted octanol–water partition coefficient (Wildman–Crippen LogP) is 3.17. The topological polar surface area (TPSA) is 64.5 Å². The summed E-state index contributed by atoms with van der Waals surface area (Å²) in [5.74, 6) is -1.76. The third-order valence-corrected chi connectivity index (χ3v) is 4.24. The Balaban J connectivity index is 1.83. The van der Waals surface area contributed by atoms with Crippen LogP contribution in [-0.4, -0.2) is 47.6 Å². The van der Waals surface area contributed by atoms with Crippen LogP contribution in [-0.2, 0) is 10.9 Å². The molecule has 0 N–H and O–H groups in total. The van der Waals surface area contributed by atoms with Crippen LogP contribution in [0.5, 0.6) is 5.75 Å². The van der Waals surface area contributed by atoms with E-state index in [1.807, 2.05) is 0 Å². The van der Waals surface area contributed by atoms with Gasteiger partial charge in [0, 0.05) is 12.2 Å². The Morgan fingerprint density at radius 2 is 2.04 bits per heavy atom. The molecule has 28 heavy (non-hydrogen) atoms. The summed E-state index contributed by atoms with van der Waals surface area (Å²) in [6, 6.07) is 4.96.